The van der Waals surface area contributed by atoms with Crippen molar-refractivity contribution < 1.29 is 14.3 Å². The van der Waals surface area contributed by atoms with Gasteiger partial charge in [0, 0.05) is 11.6 Å². The van der Waals surface area contributed by atoms with Crippen molar-refractivity contribution in [2.75, 3.05) is 19.5 Å². The summed E-state index contributed by atoms with van der Waals surface area (Å²) in [5.74, 6) is 0.951. The van der Waals surface area contributed by atoms with Gasteiger partial charge in [-0.2, -0.15) is 8.75 Å². The number of methoxy groups -OCH3 is 2. The highest BCUT2D eigenvalue weighted by molar-refractivity contribution is 7.00. The minimum absolute atomic E-state index is 0.238. The fourth-order valence-electron chi connectivity index (χ4n) is 2.02. The van der Waals surface area contributed by atoms with Gasteiger partial charge in [-0.05, 0) is 30.3 Å². The van der Waals surface area contributed by atoms with Crippen LogP contribution in [0, 0.1) is 0 Å². The molecule has 0 aliphatic heterocycles. The molecule has 1 amide bonds. The largest absolute Gasteiger partial charge is 0.497 e. The van der Waals surface area contributed by atoms with Gasteiger partial charge in [0.1, 0.15) is 22.5 Å². The zero-order valence-corrected chi connectivity index (χ0v) is 12.8. The number of nitrogens with one attached hydrogen (secondary N) is 1. The molecule has 1 heterocycles. The highest BCUT2D eigenvalue weighted by Gasteiger charge is 2.12. The van der Waals surface area contributed by atoms with Crippen LogP contribution in [0.4, 0.5) is 5.69 Å². The van der Waals surface area contributed by atoms with Crippen molar-refractivity contribution in [1.29, 1.82) is 0 Å². The van der Waals surface area contributed by atoms with Crippen LogP contribution in [-0.2, 0) is 0 Å². The van der Waals surface area contributed by atoms with Crippen LogP contribution in [0.25, 0.3) is 11.0 Å². The number of hydrogen-bond donors (Lipinski definition) is 1. The quantitative estimate of drug-likeness (QED) is 0.801. The van der Waals surface area contributed by atoms with E-state index in [-0.39, 0.29) is 5.91 Å². The summed E-state index contributed by atoms with van der Waals surface area (Å²) in [7, 11) is 3.11. The number of ether oxygens (including phenoxy) is 2. The van der Waals surface area contributed by atoms with Gasteiger partial charge in [-0.3, -0.25) is 4.79 Å². The van der Waals surface area contributed by atoms with Gasteiger partial charge in [-0.1, -0.05) is 0 Å². The van der Waals surface area contributed by atoms with Crippen molar-refractivity contribution in [3.63, 3.8) is 0 Å². The Morgan fingerprint density at radius 1 is 1.05 bits per heavy atom. The molecule has 0 bridgehead atoms. The first kappa shape index (κ1) is 14.3. The average Bonchev–Trinajstić information content (AvgIpc) is 3.02. The first-order valence-electron chi connectivity index (χ1n) is 6.47. The van der Waals surface area contributed by atoms with Crippen LogP contribution in [-0.4, -0.2) is 28.9 Å². The third-order valence-electron chi connectivity index (χ3n) is 3.17. The molecular formula is C15H13N3O3S. The lowest BCUT2D eigenvalue weighted by atomic mass is 10.2. The number of rotatable bonds is 4. The zero-order valence-electron chi connectivity index (χ0n) is 12.0. The summed E-state index contributed by atoms with van der Waals surface area (Å²) in [4.78, 5) is 12.4. The molecule has 22 heavy (non-hydrogen) atoms. The highest BCUT2D eigenvalue weighted by atomic mass is 32.1. The summed E-state index contributed by atoms with van der Waals surface area (Å²) in [6.45, 7) is 0. The van der Waals surface area contributed by atoms with Gasteiger partial charge in [0.05, 0.1) is 31.6 Å². The van der Waals surface area contributed by atoms with E-state index >= 15 is 0 Å². The Hall–Kier alpha value is -2.67. The van der Waals surface area contributed by atoms with Crippen LogP contribution in [0.2, 0.25) is 0 Å². The summed E-state index contributed by atoms with van der Waals surface area (Å²) in [5.41, 5.74) is 2.57. The van der Waals surface area contributed by atoms with Crippen LogP contribution in [0.1, 0.15) is 10.4 Å². The molecule has 1 N–H and O–H groups in total. The number of nitrogens with zero attached hydrogens (tertiary/aromatic N) is 2. The molecular weight excluding hydrogens is 302 g/mol. The number of benzene rings is 2. The first-order valence-corrected chi connectivity index (χ1v) is 7.20. The second-order valence-electron chi connectivity index (χ2n) is 4.49. The first-order chi connectivity index (χ1) is 10.7. The Bertz CT molecular complexity index is 832. The number of anilines is 1. The molecule has 3 rings (SSSR count). The Balaban J connectivity index is 1.87. The van der Waals surface area contributed by atoms with E-state index in [9.17, 15) is 4.79 Å². The van der Waals surface area contributed by atoms with E-state index < -0.39 is 0 Å². The van der Waals surface area contributed by atoms with Crippen LogP contribution >= 0.6 is 11.7 Å². The summed E-state index contributed by atoms with van der Waals surface area (Å²) >= 11 is 1.12. The fourth-order valence-corrected chi connectivity index (χ4v) is 2.54. The smallest absolute Gasteiger partial charge is 0.255 e. The van der Waals surface area contributed by atoms with Gasteiger partial charge in [0.25, 0.3) is 5.91 Å². The summed E-state index contributed by atoms with van der Waals surface area (Å²) in [6, 6.07) is 10.4. The van der Waals surface area contributed by atoms with Gasteiger partial charge in [0.15, 0.2) is 0 Å². The number of fused-ring (bicyclic) bond motifs is 1. The average molecular weight is 315 g/mol. The van der Waals surface area contributed by atoms with Gasteiger partial charge < -0.3 is 14.8 Å². The molecule has 0 atom stereocenters. The monoisotopic (exact) mass is 315 g/mol. The molecule has 0 saturated heterocycles. The van der Waals surface area contributed by atoms with E-state index in [1.54, 1.807) is 43.5 Å². The van der Waals surface area contributed by atoms with Gasteiger partial charge >= 0.3 is 0 Å². The van der Waals surface area contributed by atoms with E-state index in [0.29, 0.717) is 28.3 Å². The molecule has 7 heteroatoms. The Kier molecular flexibility index (Phi) is 3.88. The van der Waals surface area contributed by atoms with Crippen LogP contribution in [0.5, 0.6) is 11.5 Å². The van der Waals surface area contributed by atoms with E-state index in [1.165, 1.54) is 7.11 Å². The zero-order chi connectivity index (χ0) is 15.5. The number of amides is 1. The summed E-state index contributed by atoms with van der Waals surface area (Å²) in [6.07, 6.45) is 0. The lowest BCUT2D eigenvalue weighted by Crippen LogP contribution is -2.12. The number of aromatic nitrogens is 2. The van der Waals surface area contributed by atoms with Crippen molar-refractivity contribution >= 4 is 34.4 Å². The topological polar surface area (TPSA) is 73.3 Å². The third kappa shape index (κ3) is 2.71. The predicted octanol–water partition coefficient (Wildman–Crippen LogP) is 2.96. The molecule has 2 aromatic carbocycles. The lowest BCUT2D eigenvalue weighted by Gasteiger charge is -2.11. The molecule has 112 valence electrons. The van der Waals surface area contributed by atoms with Crippen molar-refractivity contribution in [3.05, 3.63) is 42.0 Å². The van der Waals surface area contributed by atoms with Gasteiger partial charge in [-0.25, -0.2) is 0 Å². The molecule has 0 unspecified atom stereocenters. The molecule has 6 nitrogen and oxygen atoms in total. The molecule has 0 fully saturated rings. The second-order valence-corrected chi connectivity index (χ2v) is 5.02. The minimum atomic E-state index is -0.238. The minimum Gasteiger partial charge on any atom is -0.497 e. The summed E-state index contributed by atoms with van der Waals surface area (Å²) in [5, 5.41) is 2.82. The van der Waals surface area contributed by atoms with Crippen LogP contribution in [0.3, 0.4) is 0 Å². The normalized spacial score (nSPS) is 10.5. The maximum Gasteiger partial charge on any atom is 0.255 e. The van der Waals surface area contributed by atoms with Gasteiger partial charge in [0.2, 0.25) is 0 Å². The number of carbonyl (C=O) groups excluding carboxylic acids is 1. The van der Waals surface area contributed by atoms with Crippen molar-refractivity contribution in [3.8, 4) is 11.5 Å². The molecule has 3 aromatic rings. The Morgan fingerprint density at radius 2 is 1.86 bits per heavy atom. The predicted molar refractivity (Wildman–Crippen MR) is 84.9 cm³/mol. The maximum atomic E-state index is 12.4. The molecule has 1 aromatic heterocycles. The van der Waals surface area contributed by atoms with Crippen molar-refractivity contribution in [2.45, 2.75) is 0 Å². The van der Waals surface area contributed by atoms with Crippen molar-refractivity contribution in [1.82, 2.24) is 8.75 Å². The van der Waals surface area contributed by atoms with E-state index in [2.05, 4.69) is 14.1 Å². The number of carbonyl (C=O) groups is 1. The summed E-state index contributed by atoms with van der Waals surface area (Å²) < 4.78 is 18.6. The van der Waals surface area contributed by atoms with E-state index in [4.69, 9.17) is 9.47 Å². The molecule has 0 spiro atoms. The van der Waals surface area contributed by atoms with Crippen LogP contribution in [0.15, 0.2) is 36.4 Å². The fraction of sp³-hybridized carbons (Fsp3) is 0.133. The molecule has 0 saturated carbocycles. The molecule has 0 aliphatic carbocycles. The Labute approximate surface area is 131 Å². The third-order valence-corrected chi connectivity index (χ3v) is 3.73. The Morgan fingerprint density at radius 3 is 2.64 bits per heavy atom. The van der Waals surface area contributed by atoms with Crippen LogP contribution < -0.4 is 14.8 Å². The number of hydrogen-bond acceptors (Lipinski definition) is 6. The molecule has 0 radical (unpaired) electrons. The molecule has 0 aliphatic rings. The van der Waals surface area contributed by atoms with Crippen molar-refractivity contribution in [2.24, 2.45) is 0 Å². The van der Waals surface area contributed by atoms with E-state index in [1.807, 2.05) is 0 Å². The van der Waals surface area contributed by atoms with Gasteiger partial charge in [-0.15, -0.1) is 0 Å². The highest BCUT2D eigenvalue weighted by Crippen LogP contribution is 2.29. The second kappa shape index (κ2) is 5.98. The maximum absolute atomic E-state index is 12.4. The SMILES string of the molecule is COc1ccc(NC(=O)c2ccc3nsnc3c2)c(OC)c1. The standard InChI is InChI=1S/C15H13N3O3S/c1-20-10-4-6-12(14(8-10)21-2)16-15(19)9-3-5-11-13(7-9)18-22-17-11/h3-8H,1-2H3,(H,16,19). The lowest BCUT2D eigenvalue weighted by molar-refractivity contribution is 0.102. The van der Waals surface area contributed by atoms with E-state index in [0.717, 1.165) is 17.2 Å².